The minimum absolute atomic E-state index is 0.104. The van der Waals surface area contributed by atoms with E-state index in [1.54, 1.807) is 0 Å². The van der Waals surface area contributed by atoms with E-state index in [4.69, 9.17) is 10.3 Å². The van der Waals surface area contributed by atoms with Gasteiger partial charge >= 0.3 is 0 Å². The highest BCUT2D eigenvalue weighted by molar-refractivity contribution is 7.85. The average molecular weight is 265 g/mol. The lowest BCUT2D eigenvalue weighted by molar-refractivity contribution is -0.000296. The molecule has 1 aromatic carbocycles. The van der Waals surface area contributed by atoms with Gasteiger partial charge in [0.25, 0.3) is 0 Å². The van der Waals surface area contributed by atoms with Gasteiger partial charge in [0, 0.05) is 9.81 Å². The summed E-state index contributed by atoms with van der Waals surface area (Å²) >= 11 is 0. The number of azide groups is 1. The normalized spacial score (nSPS) is 25.1. The van der Waals surface area contributed by atoms with Gasteiger partial charge in [-0.25, -0.2) is 0 Å². The van der Waals surface area contributed by atoms with Gasteiger partial charge in [-0.05, 0) is 36.9 Å². The molecule has 0 spiro atoms. The molecule has 3 atom stereocenters. The molecule has 0 aromatic heterocycles. The highest BCUT2D eigenvalue weighted by atomic mass is 32.2. The maximum atomic E-state index is 12.3. The summed E-state index contributed by atoms with van der Waals surface area (Å²) in [6.07, 6.45) is 2.50. The van der Waals surface area contributed by atoms with Gasteiger partial charge in [-0.1, -0.05) is 23.3 Å². The Labute approximate surface area is 108 Å². The second kappa shape index (κ2) is 6.54. The highest BCUT2D eigenvalue weighted by Crippen LogP contribution is 2.25. The maximum Gasteiger partial charge on any atom is 0.137 e. The lowest BCUT2D eigenvalue weighted by Gasteiger charge is -2.28. The van der Waals surface area contributed by atoms with Gasteiger partial charge < -0.3 is 4.74 Å². The number of ether oxygens (including phenoxy) is 1. The molecule has 0 radical (unpaired) electrons. The van der Waals surface area contributed by atoms with Crippen molar-refractivity contribution in [1.29, 1.82) is 0 Å². The molecule has 0 saturated carbocycles. The van der Waals surface area contributed by atoms with Crippen LogP contribution < -0.4 is 0 Å². The van der Waals surface area contributed by atoms with E-state index in [9.17, 15) is 4.21 Å². The Hall–Kier alpha value is -1.36. The second-order valence-electron chi connectivity index (χ2n) is 4.14. The molecule has 0 N–H and O–H groups in total. The molecular formula is C12H15N3O2S. The Bertz CT molecular complexity index is 460. The van der Waals surface area contributed by atoms with Crippen molar-refractivity contribution in [2.24, 2.45) is 5.11 Å². The summed E-state index contributed by atoms with van der Waals surface area (Å²) in [5.41, 5.74) is 8.00. The van der Waals surface area contributed by atoms with Crippen LogP contribution in [0.1, 0.15) is 19.3 Å². The fourth-order valence-electron chi connectivity index (χ4n) is 1.99. The first-order valence-corrected chi connectivity index (χ1v) is 7.14. The summed E-state index contributed by atoms with van der Waals surface area (Å²) in [6, 6.07) is 9.32. The summed E-state index contributed by atoms with van der Waals surface area (Å²) in [5.74, 6) is 0. The minimum atomic E-state index is -1.15. The van der Waals surface area contributed by atoms with E-state index in [1.807, 2.05) is 30.3 Å². The van der Waals surface area contributed by atoms with Gasteiger partial charge in [0.1, 0.15) is 5.44 Å². The predicted octanol–water partition coefficient (Wildman–Crippen LogP) is 3.00. The quantitative estimate of drug-likeness (QED) is 0.476. The van der Waals surface area contributed by atoms with Crippen LogP contribution in [-0.4, -0.2) is 22.3 Å². The molecule has 0 amide bonds. The molecule has 1 aliphatic rings. The zero-order chi connectivity index (χ0) is 12.8. The first-order chi connectivity index (χ1) is 8.81. The molecule has 1 saturated heterocycles. The number of hydrogen-bond acceptors (Lipinski definition) is 3. The Kier molecular flexibility index (Phi) is 4.75. The molecule has 1 aromatic rings. The molecule has 6 heteroatoms. The molecule has 0 bridgehead atoms. The molecular weight excluding hydrogens is 250 g/mol. The van der Waals surface area contributed by atoms with E-state index >= 15 is 0 Å². The SMILES string of the molecule is [N-]=[N+]=NCC1CCCC(S(=O)c2ccccc2)O1. The number of hydrogen-bond donors (Lipinski definition) is 0. The van der Waals surface area contributed by atoms with Crippen molar-refractivity contribution in [3.05, 3.63) is 40.8 Å². The van der Waals surface area contributed by atoms with E-state index in [2.05, 4.69) is 10.0 Å². The maximum absolute atomic E-state index is 12.3. The van der Waals surface area contributed by atoms with Gasteiger partial charge in [0.2, 0.25) is 0 Å². The first-order valence-electron chi connectivity index (χ1n) is 5.93. The zero-order valence-electron chi connectivity index (χ0n) is 9.94. The fourth-order valence-corrected chi connectivity index (χ4v) is 3.36. The van der Waals surface area contributed by atoms with Crippen LogP contribution in [0.3, 0.4) is 0 Å². The van der Waals surface area contributed by atoms with E-state index in [0.717, 1.165) is 24.2 Å². The molecule has 2 rings (SSSR count). The molecule has 5 nitrogen and oxygen atoms in total. The molecule has 3 unspecified atom stereocenters. The van der Waals surface area contributed by atoms with Crippen LogP contribution in [0.2, 0.25) is 0 Å². The largest absolute Gasteiger partial charge is 0.361 e. The standard InChI is InChI=1S/C12H15N3O2S/c13-15-14-9-10-5-4-8-12(17-10)18(16)11-6-2-1-3-7-11/h1-3,6-7,10,12H,4-5,8-9H2. The number of nitrogens with zero attached hydrogens (tertiary/aromatic N) is 3. The smallest absolute Gasteiger partial charge is 0.137 e. The monoisotopic (exact) mass is 265 g/mol. The summed E-state index contributed by atoms with van der Waals surface area (Å²) < 4.78 is 18.0. The van der Waals surface area contributed by atoms with E-state index in [0.29, 0.717) is 6.54 Å². The van der Waals surface area contributed by atoms with Crippen LogP contribution in [0.25, 0.3) is 10.4 Å². The van der Waals surface area contributed by atoms with Crippen molar-refractivity contribution in [2.75, 3.05) is 6.54 Å². The zero-order valence-corrected chi connectivity index (χ0v) is 10.8. The van der Waals surface area contributed by atoms with Gasteiger partial charge in [-0.3, -0.25) is 4.21 Å². The number of benzene rings is 1. The van der Waals surface area contributed by atoms with Crippen LogP contribution in [0.4, 0.5) is 0 Å². The van der Waals surface area contributed by atoms with Crippen molar-refractivity contribution in [1.82, 2.24) is 0 Å². The summed E-state index contributed by atoms with van der Waals surface area (Å²) in [4.78, 5) is 3.51. The average Bonchev–Trinajstić information content (AvgIpc) is 2.45. The van der Waals surface area contributed by atoms with Crippen molar-refractivity contribution >= 4 is 10.8 Å². The van der Waals surface area contributed by atoms with Crippen molar-refractivity contribution in [3.63, 3.8) is 0 Å². The fraction of sp³-hybridized carbons (Fsp3) is 0.500. The lowest BCUT2D eigenvalue weighted by Crippen LogP contribution is -2.32. The van der Waals surface area contributed by atoms with Crippen LogP contribution >= 0.6 is 0 Å². The van der Waals surface area contributed by atoms with Crippen LogP contribution in [0.15, 0.2) is 40.3 Å². The summed E-state index contributed by atoms with van der Waals surface area (Å²) in [6.45, 7) is 0.318. The summed E-state index contributed by atoms with van der Waals surface area (Å²) in [7, 11) is -1.15. The van der Waals surface area contributed by atoms with Gasteiger partial charge in [-0.15, -0.1) is 0 Å². The highest BCUT2D eigenvalue weighted by Gasteiger charge is 2.27. The Morgan fingerprint density at radius 2 is 2.17 bits per heavy atom. The van der Waals surface area contributed by atoms with E-state index in [1.165, 1.54) is 0 Å². The third kappa shape index (κ3) is 3.32. The summed E-state index contributed by atoms with van der Waals surface area (Å²) in [5, 5.41) is 3.52. The Morgan fingerprint density at radius 3 is 2.89 bits per heavy atom. The molecule has 1 heterocycles. The van der Waals surface area contributed by atoms with Gasteiger partial charge in [0.15, 0.2) is 0 Å². The molecule has 96 valence electrons. The Morgan fingerprint density at radius 1 is 1.39 bits per heavy atom. The van der Waals surface area contributed by atoms with Gasteiger partial charge in [-0.2, -0.15) is 0 Å². The minimum Gasteiger partial charge on any atom is -0.361 e. The topological polar surface area (TPSA) is 75.1 Å². The van der Waals surface area contributed by atoms with Crippen LogP contribution in [0, 0.1) is 0 Å². The van der Waals surface area contributed by atoms with Crippen LogP contribution in [-0.2, 0) is 15.5 Å². The first kappa shape index (κ1) is 13.1. The van der Waals surface area contributed by atoms with Crippen molar-refractivity contribution in [2.45, 2.75) is 35.7 Å². The number of rotatable bonds is 4. The third-order valence-electron chi connectivity index (χ3n) is 2.87. The van der Waals surface area contributed by atoms with E-state index < -0.39 is 10.8 Å². The third-order valence-corrected chi connectivity index (χ3v) is 4.43. The molecule has 1 fully saturated rings. The lowest BCUT2D eigenvalue weighted by atomic mass is 10.1. The predicted molar refractivity (Wildman–Crippen MR) is 69.4 cm³/mol. The van der Waals surface area contributed by atoms with E-state index in [-0.39, 0.29) is 11.5 Å². The second-order valence-corrected chi connectivity index (χ2v) is 5.73. The molecule has 0 aliphatic carbocycles. The molecule has 1 aliphatic heterocycles. The Balaban J connectivity index is 2.00. The van der Waals surface area contributed by atoms with Crippen molar-refractivity contribution < 1.29 is 8.95 Å². The molecule has 18 heavy (non-hydrogen) atoms. The van der Waals surface area contributed by atoms with Crippen LogP contribution in [0.5, 0.6) is 0 Å². The van der Waals surface area contributed by atoms with Gasteiger partial charge in [0.05, 0.1) is 23.4 Å². The van der Waals surface area contributed by atoms with Crippen molar-refractivity contribution in [3.8, 4) is 0 Å².